The molecule has 0 spiro atoms. The quantitative estimate of drug-likeness (QED) is 0.882. The van der Waals surface area contributed by atoms with E-state index < -0.39 is 0 Å². The van der Waals surface area contributed by atoms with Crippen LogP contribution in [0.5, 0.6) is 0 Å². The number of carbonyl (C=O) groups is 1. The Kier molecular flexibility index (Phi) is 4.35. The molecular formula is C10H14BrNO3. The maximum Gasteiger partial charge on any atom is 0.287 e. The van der Waals surface area contributed by atoms with Gasteiger partial charge in [-0.1, -0.05) is 0 Å². The minimum absolute atomic E-state index is 0.0578. The molecule has 1 aromatic rings. The van der Waals surface area contributed by atoms with Crippen LogP contribution in [0.3, 0.4) is 0 Å². The molecule has 0 bridgehead atoms. The highest BCUT2D eigenvalue weighted by atomic mass is 79.9. The van der Waals surface area contributed by atoms with Crippen LogP contribution in [0.4, 0.5) is 0 Å². The lowest BCUT2D eigenvalue weighted by Gasteiger charge is -2.11. The van der Waals surface area contributed by atoms with E-state index in [1.54, 1.807) is 13.0 Å². The van der Waals surface area contributed by atoms with E-state index in [1.165, 1.54) is 0 Å². The first-order valence-corrected chi connectivity index (χ1v) is 5.51. The molecule has 0 fully saturated rings. The number of nitrogens with one attached hydrogen (secondary N) is 1. The number of aliphatic hydroxyl groups excluding tert-OH is 1. The van der Waals surface area contributed by atoms with Crippen molar-refractivity contribution in [3.8, 4) is 0 Å². The summed E-state index contributed by atoms with van der Waals surface area (Å²) < 4.78 is 5.74. The van der Waals surface area contributed by atoms with Crippen LogP contribution in [0.2, 0.25) is 0 Å². The summed E-state index contributed by atoms with van der Waals surface area (Å²) in [4.78, 5) is 11.7. The van der Waals surface area contributed by atoms with Crippen LogP contribution in [0.1, 0.15) is 29.5 Å². The van der Waals surface area contributed by atoms with Crippen LogP contribution in [0, 0.1) is 6.92 Å². The van der Waals surface area contributed by atoms with E-state index in [-0.39, 0.29) is 18.6 Å². The third-order valence-corrected chi connectivity index (χ3v) is 2.42. The van der Waals surface area contributed by atoms with Crippen molar-refractivity contribution in [1.82, 2.24) is 5.32 Å². The van der Waals surface area contributed by atoms with E-state index in [9.17, 15) is 4.79 Å². The molecule has 1 aromatic heterocycles. The lowest BCUT2D eigenvalue weighted by molar-refractivity contribution is 0.0904. The second-order valence-corrected chi connectivity index (χ2v) is 4.23. The number of aliphatic hydroxyl groups is 1. The Labute approximate surface area is 96.8 Å². The smallest absolute Gasteiger partial charge is 0.287 e. The molecule has 4 nitrogen and oxygen atoms in total. The van der Waals surface area contributed by atoms with Crippen LogP contribution >= 0.6 is 15.9 Å². The Morgan fingerprint density at radius 2 is 2.40 bits per heavy atom. The van der Waals surface area contributed by atoms with Crippen molar-refractivity contribution >= 4 is 21.8 Å². The number of rotatable bonds is 4. The Balaban J connectivity index is 2.65. The number of furan rings is 1. The molecule has 0 saturated heterocycles. The largest absolute Gasteiger partial charge is 0.444 e. The second kappa shape index (κ2) is 5.32. The SMILES string of the molecule is Cc1cc(Br)oc1C(=O)NC(C)CCO. The van der Waals surface area contributed by atoms with Crippen molar-refractivity contribution in [1.29, 1.82) is 0 Å². The molecule has 84 valence electrons. The van der Waals surface area contributed by atoms with E-state index >= 15 is 0 Å². The first kappa shape index (κ1) is 12.3. The zero-order valence-corrected chi connectivity index (χ0v) is 10.3. The molecule has 0 aliphatic rings. The summed E-state index contributed by atoms with van der Waals surface area (Å²) in [6, 6.07) is 1.68. The van der Waals surface area contributed by atoms with Crippen molar-refractivity contribution in [2.75, 3.05) is 6.61 Å². The molecule has 1 amide bonds. The highest BCUT2D eigenvalue weighted by molar-refractivity contribution is 9.10. The average Bonchev–Trinajstić information content (AvgIpc) is 2.45. The van der Waals surface area contributed by atoms with Gasteiger partial charge >= 0.3 is 0 Å². The minimum Gasteiger partial charge on any atom is -0.444 e. The molecule has 1 heterocycles. The van der Waals surface area contributed by atoms with Crippen LogP contribution in [0.15, 0.2) is 15.2 Å². The summed E-state index contributed by atoms with van der Waals surface area (Å²) in [6.45, 7) is 3.70. The van der Waals surface area contributed by atoms with Gasteiger partial charge in [0.05, 0.1) is 0 Å². The zero-order chi connectivity index (χ0) is 11.4. The molecule has 1 unspecified atom stereocenters. The Morgan fingerprint density at radius 3 is 2.87 bits per heavy atom. The lowest BCUT2D eigenvalue weighted by atomic mass is 10.2. The summed E-state index contributed by atoms with van der Waals surface area (Å²) in [5, 5.41) is 11.4. The topological polar surface area (TPSA) is 62.5 Å². The maximum absolute atomic E-state index is 11.7. The van der Waals surface area contributed by atoms with Gasteiger partial charge in [-0.2, -0.15) is 0 Å². The van der Waals surface area contributed by atoms with Crippen molar-refractivity contribution < 1.29 is 14.3 Å². The molecule has 1 rings (SSSR count). The summed E-state index contributed by atoms with van der Waals surface area (Å²) >= 11 is 3.16. The van der Waals surface area contributed by atoms with Gasteiger partial charge in [-0.25, -0.2) is 0 Å². The van der Waals surface area contributed by atoms with Gasteiger partial charge in [0, 0.05) is 18.2 Å². The number of hydrogen-bond acceptors (Lipinski definition) is 3. The standard InChI is InChI=1S/C10H14BrNO3/c1-6-5-8(11)15-9(6)10(14)12-7(2)3-4-13/h5,7,13H,3-4H2,1-2H3,(H,12,14). The molecule has 0 radical (unpaired) electrons. The van der Waals surface area contributed by atoms with E-state index in [0.29, 0.717) is 16.9 Å². The van der Waals surface area contributed by atoms with Gasteiger partial charge in [0.1, 0.15) is 0 Å². The Morgan fingerprint density at radius 1 is 1.73 bits per heavy atom. The number of aryl methyl sites for hydroxylation is 1. The van der Waals surface area contributed by atoms with Crippen molar-refractivity contribution in [3.05, 3.63) is 22.1 Å². The van der Waals surface area contributed by atoms with Crippen LogP contribution in [0.25, 0.3) is 0 Å². The molecular weight excluding hydrogens is 262 g/mol. The number of halogens is 1. The molecule has 15 heavy (non-hydrogen) atoms. The Hall–Kier alpha value is -0.810. The molecule has 0 aromatic carbocycles. The molecule has 1 atom stereocenters. The monoisotopic (exact) mass is 275 g/mol. The van der Waals surface area contributed by atoms with Gasteiger partial charge in [-0.3, -0.25) is 4.79 Å². The number of amides is 1. The molecule has 0 aliphatic heterocycles. The molecule has 0 aliphatic carbocycles. The highest BCUT2D eigenvalue weighted by Gasteiger charge is 2.16. The summed E-state index contributed by atoms with van der Waals surface area (Å²) in [7, 11) is 0. The second-order valence-electron chi connectivity index (χ2n) is 3.45. The van der Waals surface area contributed by atoms with Crippen molar-refractivity contribution in [2.45, 2.75) is 26.3 Å². The van der Waals surface area contributed by atoms with Gasteiger partial charge in [-0.05, 0) is 42.3 Å². The maximum atomic E-state index is 11.7. The van der Waals surface area contributed by atoms with Crippen molar-refractivity contribution in [2.24, 2.45) is 0 Å². The predicted molar refractivity (Wildman–Crippen MR) is 59.8 cm³/mol. The summed E-state index contributed by atoms with van der Waals surface area (Å²) in [6.07, 6.45) is 0.534. The van der Waals surface area contributed by atoms with E-state index in [0.717, 1.165) is 5.56 Å². The third kappa shape index (κ3) is 3.35. The van der Waals surface area contributed by atoms with Gasteiger partial charge in [0.25, 0.3) is 5.91 Å². The van der Waals surface area contributed by atoms with Gasteiger partial charge in [0.15, 0.2) is 10.4 Å². The lowest BCUT2D eigenvalue weighted by Crippen LogP contribution is -2.33. The van der Waals surface area contributed by atoms with Crippen LogP contribution < -0.4 is 5.32 Å². The highest BCUT2D eigenvalue weighted by Crippen LogP contribution is 2.19. The fourth-order valence-corrected chi connectivity index (χ4v) is 1.73. The molecule has 5 heteroatoms. The normalized spacial score (nSPS) is 12.5. The molecule has 2 N–H and O–H groups in total. The van der Waals surface area contributed by atoms with Gasteiger partial charge < -0.3 is 14.8 Å². The van der Waals surface area contributed by atoms with Crippen molar-refractivity contribution in [3.63, 3.8) is 0 Å². The third-order valence-electron chi connectivity index (χ3n) is 2.03. The molecule has 0 saturated carbocycles. The minimum atomic E-state index is -0.251. The fraction of sp³-hybridized carbons (Fsp3) is 0.500. The summed E-state index contributed by atoms with van der Waals surface area (Å²) in [5.74, 6) is 0.0609. The average molecular weight is 276 g/mol. The Bertz CT molecular complexity index is 348. The summed E-state index contributed by atoms with van der Waals surface area (Å²) in [5.41, 5.74) is 0.788. The van der Waals surface area contributed by atoms with E-state index in [1.807, 2.05) is 6.92 Å². The van der Waals surface area contributed by atoms with Crippen LogP contribution in [-0.4, -0.2) is 23.7 Å². The number of hydrogen-bond donors (Lipinski definition) is 2. The van der Waals surface area contributed by atoms with Gasteiger partial charge in [-0.15, -0.1) is 0 Å². The van der Waals surface area contributed by atoms with E-state index in [2.05, 4.69) is 21.2 Å². The zero-order valence-electron chi connectivity index (χ0n) is 8.71. The first-order chi connectivity index (χ1) is 7.04. The number of carbonyl (C=O) groups excluding carboxylic acids is 1. The first-order valence-electron chi connectivity index (χ1n) is 4.72. The van der Waals surface area contributed by atoms with Crippen LogP contribution in [-0.2, 0) is 0 Å². The fourth-order valence-electron chi connectivity index (χ4n) is 1.22. The van der Waals surface area contributed by atoms with E-state index in [4.69, 9.17) is 9.52 Å². The van der Waals surface area contributed by atoms with Gasteiger partial charge in [0.2, 0.25) is 0 Å². The predicted octanol–water partition coefficient (Wildman–Crippen LogP) is 1.85.